The lowest BCUT2D eigenvalue weighted by Gasteiger charge is -2.23. The summed E-state index contributed by atoms with van der Waals surface area (Å²) in [6, 6.07) is 10.5. The highest BCUT2D eigenvalue weighted by molar-refractivity contribution is 7.80. The van der Waals surface area contributed by atoms with Crippen molar-refractivity contribution < 1.29 is 5.11 Å². The second-order valence-electron chi connectivity index (χ2n) is 7.11. The van der Waals surface area contributed by atoms with Crippen molar-refractivity contribution in [3.05, 3.63) is 35.9 Å². The Morgan fingerprint density at radius 2 is 1.38 bits per heavy atom. The van der Waals surface area contributed by atoms with E-state index in [0.29, 0.717) is 5.92 Å². The average Bonchev–Trinajstić information content (AvgIpc) is 2.60. The molecular weight excluding hydrogens is 312 g/mol. The quantitative estimate of drug-likeness (QED) is 0.276. The van der Waals surface area contributed by atoms with Gasteiger partial charge in [-0.25, -0.2) is 0 Å². The molecule has 24 heavy (non-hydrogen) atoms. The molecular formula is C22H36OS. The summed E-state index contributed by atoms with van der Waals surface area (Å²) in [7, 11) is 0. The van der Waals surface area contributed by atoms with E-state index in [1.54, 1.807) is 0 Å². The average molecular weight is 349 g/mol. The Morgan fingerprint density at radius 1 is 0.875 bits per heavy atom. The summed E-state index contributed by atoms with van der Waals surface area (Å²) < 4.78 is 0. The Labute approximate surface area is 154 Å². The van der Waals surface area contributed by atoms with Crippen molar-refractivity contribution in [2.75, 3.05) is 0 Å². The fourth-order valence-corrected chi connectivity index (χ4v) is 3.59. The van der Waals surface area contributed by atoms with E-state index in [-0.39, 0.29) is 11.0 Å². The maximum atomic E-state index is 9.75. The second-order valence-corrected chi connectivity index (χ2v) is 7.53. The van der Waals surface area contributed by atoms with Crippen LogP contribution in [0, 0.1) is 5.92 Å². The minimum atomic E-state index is 0.0564. The third kappa shape index (κ3) is 8.82. The normalized spacial score (nSPS) is 13.6. The van der Waals surface area contributed by atoms with Gasteiger partial charge in [0.2, 0.25) is 0 Å². The first-order chi connectivity index (χ1) is 11.7. The monoisotopic (exact) mass is 348 g/mol. The zero-order valence-electron chi connectivity index (χ0n) is 15.7. The molecule has 136 valence electrons. The molecule has 2 atom stereocenters. The Bertz CT molecular complexity index is 429. The topological polar surface area (TPSA) is 20.2 Å². The van der Waals surface area contributed by atoms with Crippen LogP contribution in [-0.2, 0) is 0 Å². The van der Waals surface area contributed by atoms with E-state index >= 15 is 0 Å². The van der Waals surface area contributed by atoms with Gasteiger partial charge in [-0.3, -0.25) is 0 Å². The molecule has 0 saturated carbocycles. The van der Waals surface area contributed by atoms with Crippen molar-refractivity contribution >= 4 is 17.3 Å². The minimum absolute atomic E-state index is 0.0564. The van der Waals surface area contributed by atoms with Crippen molar-refractivity contribution in [1.29, 1.82) is 0 Å². The summed E-state index contributed by atoms with van der Waals surface area (Å²) in [6.45, 7) is 4.32. The van der Waals surface area contributed by atoms with Crippen LogP contribution in [0.15, 0.2) is 30.3 Å². The lowest BCUT2D eigenvalue weighted by molar-refractivity contribution is 0.433. The fraction of sp³-hybridized carbons (Fsp3) is 0.682. The molecule has 0 bridgehead atoms. The third-order valence-corrected chi connectivity index (χ3v) is 5.46. The lowest BCUT2D eigenvalue weighted by Crippen LogP contribution is -2.17. The Kier molecular flexibility index (Phi) is 11.8. The molecule has 1 aromatic carbocycles. The highest BCUT2D eigenvalue weighted by Gasteiger charge is 2.22. The van der Waals surface area contributed by atoms with Crippen LogP contribution in [0.5, 0.6) is 0 Å². The van der Waals surface area contributed by atoms with Crippen LogP contribution in [-0.4, -0.2) is 10.2 Å². The van der Waals surface area contributed by atoms with Gasteiger partial charge in [0.25, 0.3) is 0 Å². The Morgan fingerprint density at radius 3 is 1.88 bits per heavy atom. The van der Waals surface area contributed by atoms with Gasteiger partial charge in [0.1, 0.15) is 0 Å². The van der Waals surface area contributed by atoms with Gasteiger partial charge in [-0.1, -0.05) is 108 Å². The van der Waals surface area contributed by atoms with Crippen LogP contribution in [0.25, 0.3) is 0 Å². The fourth-order valence-electron chi connectivity index (χ4n) is 3.43. The zero-order chi connectivity index (χ0) is 17.6. The van der Waals surface area contributed by atoms with Crippen LogP contribution < -0.4 is 0 Å². The number of hydrogen-bond acceptors (Lipinski definition) is 1. The van der Waals surface area contributed by atoms with Crippen molar-refractivity contribution in [3.8, 4) is 0 Å². The molecule has 0 aliphatic carbocycles. The van der Waals surface area contributed by atoms with Gasteiger partial charge in [-0.15, -0.1) is 0 Å². The van der Waals surface area contributed by atoms with Gasteiger partial charge in [0, 0.05) is 5.92 Å². The van der Waals surface area contributed by atoms with E-state index in [4.69, 9.17) is 12.2 Å². The van der Waals surface area contributed by atoms with Gasteiger partial charge in [0.05, 0.1) is 0 Å². The van der Waals surface area contributed by atoms with Gasteiger partial charge < -0.3 is 5.11 Å². The van der Waals surface area contributed by atoms with Gasteiger partial charge in [0.15, 0.2) is 5.05 Å². The van der Waals surface area contributed by atoms with Crippen LogP contribution in [0.2, 0.25) is 0 Å². The molecule has 1 nitrogen and oxygen atoms in total. The largest absolute Gasteiger partial charge is 0.502 e. The molecule has 1 rings (SSSR count). The second kappa shape index (κ2) is 13.4. The molecule has 0 heterocycles. The summed E-state index contributed by atoms with van der Waals surface area (Å²) in [6.07, 6.45) is 14.7. The zero-order valence-corrected chi connectivity index (χ0v) is 16.5. The van der Waals surface area contributed by atoms with Crippen LogP contribution in [0.4, 0.5) is 0 Å². The molecule has 1 aromatic rings. The molecule has 0 fully saturated rings. The lowest BCUT2D eigenvalue weighted by atomic mass is 9.83. The van der Waals surface area contributed by atoms with Gasteiger partial charge in [-0.2, -0.15) is 0 Å². The highest BCUT2D eigenvalue weighted by atomic mass is 32.1. The van der Waals surface area contributed by atoms with Crippen molar-refractivity contribution in [2.45, 2.75) is 90.4 Å². The summed E-state index contributed by atoms with van der Waals surface area (Å²) >= 11 is 5.03. The predicted molar refractivity (Wildman–Crippen MR) is 110 cm³/mol. The van der Waals surface area contributed by atoms with E-state index in [1.165, 1.54) is 69.8 Å². The summed E-state index contributed by atoms with van der Waals surface area (Å²) in [5, 5.41) is 9.89. The number of benzene rings is 1. The van der Waals surface area contributed by atoms with Crippen molar-refractivity contribution in [3.63, 3.8) is 0 Å². The molecule has 1 N–H and O–H groups in total. The first-order valence-electron chi connectivity index (χ1n) is 9.94. The van der Waals surface area contributed by atoms with E-state index in [0.717, 1.165) is 6.42 Å². The molecule has 0 aromatic heterocycles. The van der Waals surface area contributed by atoms with E-state index in [1.807, 2.05) is 6.07 Å². The number of aliphatic hydroxyl groups excluding tert-OH is 1. The standard InChI is InChI=1S/C22H36OS/c1-3-4-5-6-7-8-9-10-11-15-18-21(19(2)22(23)24)20-16-13-12-14-17-20/h12-14,16-17,19,21H,3-11,15,18H2,1-2H3,(H,23,24). The number of aliphatic hydroxyl groups is 1. The maximum Gasteiger partial charge on any atom is 0.159 e. The molecule has 0 spiro atoms. The number of unbranched alkanes of at least 4 members (excludes halogenated alkanes) is 9. The van der Waals surface area contributed by atoms with Gasteiger partial charge >= 0.3 is 0 Å². The van der Waals surface area contributed by atoms with Gasteiger partial charge in [-0.05, 0) is 30.1 Å². The molecule has 2 unspecified atom stereocenters. The first kappa shape index (κ1) is 21.2. The Hall–Kier alpha value is -0.890. The molecule has 0 amide bonds. The Balaban J connectivity index is 2.23. The molecule has 2 heteroatoms. The summed E-state index contributed by atoms with van der Waals surface area (Å²) in [5.74, 6) is 0.402. The van der Waals surface area contributed by atoms with Crippen molar-refractivity contribution in [2.24, 2.45) is 5.92 Å². The maximum absolute atomic E-state index is 9.75. The summed E-state index contributed by atoms with van der Waals surface area (Å²) in [4.78, 5) is 0. The van der Waals surface area contributed by atoms with Crippen molar-refractivity contribution in [1.82, 2.24) is 0 Å². The SMILES string of the molecule is CCCCCCCCCCCCC(c1ccccc1)C(C)C(O)=S. The van der Waals surface area contributed by atoms with Crippen LogP contribution in [0.3, 0.4) is 0 Å². The first-order valence-corrected chi connectivity index (χ1v) is 10.4. The van der Waals surface area contributed by atoms with E-state index in [9.17, 15) is 5.11 Å². The van der Waals surface area contributed by atoms with Crippen LogP contribution in [0.1, 0.15) is 96.0 Å². The summed E-state index contributed by atoms with van der Waals surface area (Å²) in [5.41, 5.74) is 1.30. The number of thiocarbonyl (C=S) groups is 1. The smallest absolute Gasteiger partial charge is 0.159 e. The molecule has 0 aliphatic rings. The number of hydrogen-bond donors (Lipinski definition) is 1. The molecule has 0 saturated heterocycles. The minimum Gasteiger partial charge on any atom is -0.502 e. The predicted octanol–water partition coefficient (Wildman–Crippen LogP) is 7.60. The van der Waals surface area contributed by atoms with Crippen LogP contribution >= 0.6 is 12.2 Å². The third-order valence-electron chi connectivity index (χ3n) is 5.09. The number of rotatable bonds is 14. The van der Waals surface area contributed by atoms with E-state index in [2.05, 4.69) is 38.1 Å². The van der Waals surface area contributed by atoms with E-state index < -0.39 is 0 Å². The highest BCUT2D eigenvalue weighted by Crippen LogP contribution is 2.31. The molecule has 0 radical (unpaired) electrons. The molecule has 0 aliphatic heterocycles.